The van der Waals surface area contributed by atoms with Crippen LogP contribution in [0, 0.1) is 0 Å². The minimum absolute atomic E-state index is 0.110. The highest BCUT2D eigenvalue weighted by atomic mass is 16.1. The lowest BCUT2D eigenvalue weighted by Crippen LogP contribution is -2.00. The monoisotopic (exact) mass is 245 g/mol. The highest BCUT2D eigenvalue weighted by Crippen LogP contribution is 2.19. The van der Waals surface area contributed by atoms with Crippen LogP contribution in [0.2, 0.25) is 0 Å². The summed E-state index contributed by atoms with van der Waals surface area (Å²) in [7, 11) is 0. The molecule has 4 heteroatoms. The number of Topliss-reactive ketones (excluding diaryl/α,β-unsaturated/α-hetero) is 1. The number of carbonyl (C=O) groups excluding carboxylic acids is 1. The summed E-state index contributed by atoms with van der Waals surface area (Å²) < 4.78 is 0. The van der Waals surface area contributed by atoms with E-state index in [9.17, 15) is 4.79 Å². The van der Waals surface area contributed by atoms with Gasteiger partial charge in [0.05, 0.1) is 0 Å². The maximum absolute atomic E-state index is 11.8. The number of azide groups is 1. The van der Waals surface area contributed by atoms with Gasteiger partial charge in [0, 0.05) is 23.4 Å². The first-order valence-electron chi connectivity index (χ1n) is 6.33. The van der Waals surface area contributed by atoms with Crippen molar-refractivity contribution in [3.63, 3.8) is 0 Å². The maximum Gasteiger partial charge on any atom is 0.162 e. The minimum Gasteiger partial charge on any atom is -0.294 e. The Hall–Kier alpha value is -1.80. The van der Waals surface area contributed by atoms with Crippen molar-refractivity contribution in [1.82, 2.24) is 0 Å². The van der Waals surface area contributed by atoms with Crippen molar-refractivity contribution in [2.75, 3.05) is 6.54 Å². The molecule has 0 saturated heterocycles. The van der Waals surface area contributed by atoms with E-state index in [1.807, 2.05) is 24.3 Å². The smallest absolute Gasteiger partial charge is 0.162 e. The Morgan fingerprint density at radius 3 is 2.61 bits per heavy atom. The first-order valence-corrected chi connectivity index (χ1v) is 6.33. The number of nitrogens with zero attached hydrogens (tertiary/aromatic N) is 3. The van der Waals surface area contributed by atoms with Crippen LogP contribution in [0.15, 0.2) is 29.4 Å². The third kappa shape index (κ3) is 4.22. The molecular weight excluding hydrogens is 226 g/mol. The molecule has 1 unspecified atom stereocenters. The molecule has 0 heterocycles. The lowest BCUT2D eigenvalue weighted by Gasteiger charge is -2.09. The number of hydrogen-bond donors (Lipinski definition) is 0. The van der Waals surface area contributed by atoms with Crippen LogP contribution >= 0.6 is 0 Å². The summed E-state index contributed by atoms with van der Waals surface area (Å²) >= 11 is 0. The Labute approximate surface area is 108 Å². The van der Waals surface area contributed by atoms with Crippen molar-refractivity contribution < 1.29 is 4.79 Å². The fourth-order valence-electron chi connectivity index (χ4n) is 1.73. The molecule has 1 aromatic rings. The molecule has 18 heavy (non-hydrogen) atoms. The Morgan fingerprint density at radius 1 is 1.39 bits per heavy atom. The number of carbonyl (C=O) groups is 1. The highest BCUT2D eigenvalue weighted by molar-refractivity contribution is 5.96. The molecule has 0 saturated carbocycles. The van der Waals surface area contributed by atoms with E-state index in [1.54, 1.807) is 0 Å². The number of ketones is 1. The summed E-state index contributed by atoms with van der Waals surface area (Å²) in [5.74, 6) is 0.637. The first kappa shape index (κ1) is 14.3. The van der Waals surface area contributed by atoms with Crippen LogP contribution in [0.5, 0.6) is 0 Å². The molecule has 0 aliphatic heterocycles. The van der Waals surface area contributed by atoms with E-state index in [0.717, 1.165) is 12.0 Å². The van der Waals surface area contributed by atoms with Gasteiger partial charge in [0.1, 0.15) is 0 Å². The van der Waals surface area contributed by atoms with E-state index in [2.05, 4.69) is 23.9 Å². The molecule has 0 aliphatic rings. The maximum atomic E-state index is 11.8. The van der Waals surface area contributed by atoms with Gasteiger partial charge in [0.15, 0.2) is 5.78 Å². The second-order valence-electron chi connectivity index (χ2n) is 4.41. The van der Waals surface area contributed by atoms with E-state index in [-0.39, 0.29) is 5.78 Å². The fourth-order valence-corrected chi connectivity index (χ4v) is 1.73. The molecule has 0 aromatic heterocycles. The topological polar surface area (TPSA) is 65.8 Å². The van der Waals surface area contributed by atoms with Crippen molar-refractivity contribution in [3.8, 4) is 0 Å². The van der Waals surface area contributed by atoms with Crippen molar-refractivity contribution in [1.29, 1.82) is 0 Å². The van der Waals surface area contributed by atoms with Gasteiger partial charge in [-0.25, -0.2) is 0 Å². The molecule has 0 amide bonds. The summed E-state index contributed by atoms with van der Waals surface area (Å²) in [5, 5.41) is 3.41. The molecule has 0 bridgehead atoms. The van der Waals surface area contributed by atoms with Crippen LogP contribution in [0.25, 0.3) is 10.4 Å². The second kappa shape index (κ2) is 7.51. The molecule has 0 N–H and O–H groups in total. The molecule has 0 aliphatic carbocycles. The van der Waals surface area contributed by atoms with Crippen LogP contribution in [0.3, 0.4) is 0 Å². The molecule has 1 atom stereocenters. The van der Waals surface area contributed by atoms with Gasteiger partial charge in [-0.15, -0.1) is 0 Å². The number of rotatable bonds is 7. The summed E-state index contributed by atoms with van der Waals surface area (Å²) in [6.45, 7) is 4.71. The van der Waals surface area contributed by atoms with Gasteiger partial charge in [-0.2, -0.15) is 0 Å². The van der Waals surface area contributed by atoms with Gasteiger partial charge in [-0.05, 0) is 29.9 Å². The fraction of sp³-hybridized carbons (Fsp3) is 0.500. The van der Waals surface area contributed by atoms with Crippen LogP contribution in [0.4, 0.5) is 0 Å². The van der Waals surface area contributed by atoms with Crippen LogP contribution in [-0.4, -0.2) is 12.3 Å². The molecule has 0 spiro atoms. The molecule has 0 radical (unpaired) electrons. The van der Waals surface area contributed by atoms with Crippen molar-refractivity contribution in [2.45, 2.75) is 39.0 Å². The van der Waals surface area contributed by atoms with Crippen molar-refractivity contribution >= 4 is 5.78 Å². The van der Waals surface area contributed by atoms with E-state index in [4.69, 9.17) is 5.53 Å². The second-order valence-corrected chi connectivity index (χ2v) is 4.41. The van der Waals surface area contributed by atoms with Crippen LogP contribution in [-0.2, 0) is 0 Å². The van der Waals surface area contributed by atoms with E-state index >= 15 is 0 Å². The van der Waals surface area contributed by atoms with Gasteiger partial charge in [0.25, 0.3) is 0 Å². The van der Waals surface area contributed by atoms with Crippen molar-refractivity contribution in [2.24, 2.45) is 5.11 Å². The van der Waals surface area contributed by atoms with Gasteiger partial charge >= 0.3 is 0 Å². The Bertz CT molecular complexity index is 433. The van der Waals surface area contributed by atoms with E-state index in [1.165, 1.54) is 5.56 Å². The van der Waals surface area contributed by atoms with Gasteiger partial charge in [-0.3, -0.25) is 4.79 Å². The Kier molecular flexibility index (Phi) is 5.95. The van der Waals surface area contributed by atoms with Crippen LogP contribution < -0.4 is 0 Å². The average molecular weight is 245 g/mol. The molecular formula is C14H19N3O. The largest absolute Gasteiger partial charge is 0.294 e. The molecule has 4 nitrogen and oxygen atoms in total. The normalized spacial score (nSPS) is 11.7. The minimum atomic E-state index is 0.110. The summed E-state index contributed by atoms with van der Waals surface area (Å²) in [5.41, 5.74) is 10.1. The first-order chi connectivity index (χ1) is 8.69. The molecule has 1 aromatic carbocycles. The lowest BCUT2D eigenvalue weighted by molar-refractivity contribution is 0.0981. The highest BCUT2D eigenvalue weighted by Gasteiger charge is 2.07. The Balaban J connectivity index is 2.56. The van der Waals surface area contributed by atoms with Gasteiger partial charge < -0.3 is 0 Å². The quantitative estimate of drug-likeness (QED) is 0.230. The lowest BCUT2D eigenvalue weighted by atomic mass is 9.96. The molecule has 1 rings (SSSR count). The van der Waals surface area contributed by atoms with E-state index < -0.39 is 0 Å². The van der Waals surface area contributed by atoms with Crippen LogP contribution in [0.1, 0.15) is 54.9 Å². The number of benzene rings is 1. The third-order valence-electron chi connectivity index (χ3n) is 3.14. The number of hydrogen-bond acceptors (Lipinski definition) is 2. The zero-order valence-electron chi connectivity index (χ0n) is 11.0. The Morgan fingerprint density at radius 2 is 2.06 bits per heavy atom. The zero-order chi connectivity index (χ0) is 13.4. The van der Waals surface area contributed by atoms with Gasteiger partial charge in [-0.1, -0.05) is 43.2 Å². The van der Waals surface area contributed by atoms with Gasteiger partial charge in [0.2, 0.25) is 0 Å². The summed E-state index contributed by atoms with van der Waals surface area (Å²) in [6, 6.07) is 7.82. The standard InChI is InChI=1S/C14H19N3O/c1-3-11(2)12-6-8-13(9-7-12)14(18)5-4-10-16-17-15/h6-9,11H,3-5,10H2,1-2H3. The predicted molar refractivity (Wildman–Crippen MR) is 72.7 cm³/mol. The molecule has 96 valence electrons. The van der Waals surface area contributed by atoms with Crippen molar-refractivity contribution in [3.05, 3.63) is 45.8 Å². The molecule has 0 fully saturated rings. The summed E-state index contributed by atoms with van der Waals surface area (Å²) in [6.07, 6.45) is 2.14. The predicted octanol–water partition coefficient (Wildman–Crippen LogP) is 4.47. The van der Waals surface area contributed by atoms with E-state index in [0.29, 0.717) is 25.3 Å². The third-order valence-corrected chi connectivity index (χ3v) is 3.14. The summed E-state index contributed by atoms with van der Waals surface area (Å²) in [4.78, 5) is 14.5. The SMILES string of the molecule is CCC(C)c1ccc(C(=O)CCCN=[N+]=[N-])cc1. The zero-order valence-corrected chi connectivity index (χ0v) is 11.0. The average Bonchev–Trinajstić information content (AvgIpc) is 2.42.